The lowest BCUT2D eigenvalue weighted by Gasteiger charge is -1.99. The highest BCUT2D eigenvalue weighted by Crippen LogP contribution is 2.47. The third-order valence-electron chi connectivity index (χ3n) is 3.29. The van der Waals surface area contributed by atoms with E-state index in [1.54, 1.807) is 0 Å². The van der Waals surface area contributed by atoms with Gasteiger partial charge in [-0.05, 0) is 37.0 Å². The quantitative estimate of drug-likeness (QED) is 0.673. The van der Waals surface area contributed by atoms with Crippen molar-refractivity contribution in [3.63, 3.8) is 0 Å². The van der Waals surface area contributed by atoms with Crippen molar-refractivity contribution in [2.45, 2.75) is 20.3 Å². The molecule has 0 radical (unpaired) electrons. The van der Waals surface area contributed by atoms with Crippen molar-refractivity contribution in [3.8, 4) is 0 Å². The van der Waals surface area contributed by atoms with E-state index in [4.69, 9.17) is 0 Å². The Morgan fingerprint density at radius 3 is 2.27 bits per heavy atom. The Kier molecular flexibility index (Phi) is 1.55. The average molecular weight is 196 g/mol. The van der Waals surface area contributed by atoms with Crippen LogP contribution in [0.3, 0.4) is 0 Å². The smallest absolute Gasteiger partial charge is 0.189 e. The van der Waals surface area contributed by atoms with E-state index in [0.29, 0.717) is 0 Å². The number of fused-ring (bicyclic) bond motifs is 1. The van der Waals surface area contributed by atoms with Crippen LogP contribution in [0.1, 0.15) is 36.2 Å². The molecule has 0 spiro atoms. The summed E-state index contributed by atoms with van der Waals surface area (Å²) in [6.45, 7) is 4.08. The molecule has 0 saturated carbocycles. The Balaban J connectivity index is 2.26. The maximum atomic E-state index is 12.0. The number of hydrogen-bond acceptors (Lipinski definition) is 1. The van der Waals surface area contributed by atoms with Gasteiger partial charge >= 0.3 is 0 Å². The first-order valence-electron chi connectivity index (χ1n) is 5.24. The first-order valence-corrected chi connectivity index (χ1v) is 5.24. The van der Waals surface area contributed by atoms with Gasteiger partial charge in [0, 0.05) is 11.1 Å². The SMILES string of the molecule is CC1=C(C2=C(C)C(=O)c3ccccc32)C1. The summed E-state index contributed by atoms with van der Waals surface area (Å²) in [5, 5.41) is 0. The van der Waals surface area contributed by atoms with E-state index in [-0.39, 0.29) is 5.78 Å². The Bertz CT molecular complexity index is 544. The fourth-order valence-electron chi connectivity index (χ4n) is 2.33. The van der Waals surface area contributed by atoms with Gasteiger partial charge in [-0.2, -0.15) is 0 Å². The van der Waals surface area contributed by atoms with E-state index in [1.807, 2.05) is 25.1 Å². The molecule has 0 fully saturated rings. The van der Waals surface area contributed by atoms with Crippen LogP contribution in [-0.4, -0.2) is 5.78 Å². The Morgan fingerprint density at radius 2 is 1.67 bits per heavy atom. The number of allylic oxidation sites excluding steroid dienone is 4. The molecule has 3 rings (SSSR count). The largest absolute Gasteiger partial charge is 0.289 e. The summed E-state index contributed by atoms with van der Waals surface area (Å²) in [6.07, 6.45) is 1.08. The van der Waals surface area contributed by atoms with Gasteiger partial charge in [-0.15, -0.1) is 0 Å². The van der Waals surface area contributed by atoms with Crippen molar-refractivity contribution in [3.05, 3.63) is 52.1 Å². The zero-order valence-electron chi connectivity index (χ0n) is 8.92. The molecule has 0 amide bonds. The molecular formula is C14H12O. The summed E-state index contributed by atoms with van der Waals surface area (Å²) in [7, 11) is 0. The van der Waals surface area contributed by atoms with Crippen LogP contribution in [0, 0.1) is 0 Å². The van der Waals surface area contributed by atoms with Crippen molar-refractivity contribution in [2.75, 3.05) is 0 Å². The Labute approximate surface area is 89.1 Å². The van der Waals surface area contributed by atoms with Gasteiger partial charge in [-0.1, -0.05) is 29.8 Å². The summed E-state index contributed by atoms with van der Waals surface area (Å²) in [5.41, 5.74) is 6.93. The van der Waals surface area contributed by atoms with Crippen molar-refractivity contribution < 1.29 is 4.79 Å². The van der Waals surface area contributed by atoms with Gasteiger partial charge < -0.3 is 0 Å². The summed E-state index contributed by atoms with van der Waals surface area (Å²) in [5.74, 6) is 0.202. The average Bonchev–Trinajstić information content (AvgIpc) is 2.89. The molecule has 2 aliphatic rings. The third-order valence-corrected chi connectivity index (χ3v) is 3.29. The van der Waals surface area contributed by atoms with Gasteiger partial charge in [0.1, 0.15) is 0 Å². The molecule has 1 heteroatoms. The first-order chi connectivity index (χ1) is 7.20. The van der Waals surface area contributed by atoms with Crippen LogP contribution in [0.25, 0.3) is 5.57 Å². The molecule has 1 nitrogen and oxygen atoms in total. The number of carbonyl (C=O) groups excluding carboxylic acids is 1. The van der Waals surface area contributed by atoms with Gasteiger partial charge in [-0.25, -0.2) is 0 Å². The Hall–Kier alpha value is -1.63. The normalized spacial score (nSPS) is 18.7. The molecule has 0 aromatic heterocycles. The van der Waals surface area contributed by atoms with E-state index in [9.17, 15) is 4.79 Å². The highest BCUT2D eigenvalue weighted by molar-refractivity contribution is 6.23. The zero-order chi connectivity index (χ0) is 10.6. The lowest BCUT2D eigenvalue weighted by atomic mass is 10.0. The van der Waals surface area contributed by atoms with Gasteiger partial charge in [0.25, 0.3) is 0 Å². The van der Waals surface area contributed by atoms with E-state index < -0.39 is 0 Å². The van der Waals surface area contributed by atoms with Gasteiger partial charge in [0.15, 0.2) is 5.78 Å². The third kappa shape index (κ3) is 1.06. The minimum Gasteiger partial charge on any atom is -0.289 e. The van der Waals surface area contributed by atoms with Crippen molar-refractivity contribution >= 4 is 11.4 Å². The molecule has 2 aliphatic carbocycles. The fraction of sp³-hybridized carbons (Fsp3) is 0.214. The zero-order valence-corrected chi connectivity index (χ0v) is 8.92. The number of benzene rings is 1. The van der Waals surface area contributed by atoms with Crippen LogP contribution < -0.4 is 0 Å². The molecule has 0 atom stereocenters. The molecule has 0 unspecified atom stereocenters. The maximum Gasteiger partial charge on any atom is 0.189 e. The van der Waals surface area contributed by atoms with Crippen molar-refractivity contribution in [2.24, 2.45) is 0 Å². The number of Topliss-reactive ketones (excluding diaryl/α,β-unsaturated/α-hetero) is 1. The molecule has 0 N–H and O–H groups in total. The van der Waals surface area contributed by atoms with Crippen LogP contribution in [0.5, 0.6) is 0 Å². The predicted molar refractivity (Wildman–Crippen MR) is 60.7 cm³/mol. The van der Waals surface area contributed by atoms with E-state index in [2.05, 4.69) is 13.0 Å². The molecule has 15 heavy (non-hydrogen) atoms. The second-order valence-electron chi connectivity index (χ2n) is 4.31. The molecule has 74 valence electrons. The molecule has 0 aliphatic heterocycles. The second-order valence-corrected chi connectivity index (χ2v) is 4.31. The highest BCUT2D eigenvalue weighted by Gasteiger charge is 2.32. The van der Waals surface area contributed by atoms with Crippen LogP contribution >= 0.6 is 0 Å². The molecule has 0 bridgehead atoms. The lowest BCUT2D eigenvalue weighted by Crippen LogP contribution is -1.94. The van der Waals surface area contributed by atoms with E-state index >= 15 is 0 Å². The van der Waals surface area contributed by atoms with Crippen LogP contribution in [0.4, 0.5) is 0 Å². The standard InChI is InChI=1S/C14H12O/c1-8-7-12(8)13-9(2)14(15)11-6-4-3-5-10(11)13/h3-6H,7H2,1-2H3. The molecular weight excluding hydrogens is 184 g/mol. The molecule has 0 saturated heterocycles. The minimum atomic E-state index is 0.202. The van der Waals surface area contributed by atoms with Gasteiger partial charge in [-0.3, -0.25) is 4.79 Å². The Morgan fingerprint density at radius 1 is 1.07 bits per heavy atom. The first kappa shape index (κ1) is 8.66. The van der Waals surface area contributed by atoms with E-state index in [0.717, 1.165) is 23.1 Å². The predicted octanol–water partition coefficient (Wildman–Crippen LogP) is 3.38. The van der Waals surface area contributed by atoms with Gasteiger partial charge in [0.05, 0.1) is 0 Å². The van der Waals surface area contributed by atoms with Crippen LogP contribution in [0.2, 0.25) is 0 Å². The molecule has 1 aromatic rings. The van der Waals surface area contributed by atoms with Crippen LogP contribution in [-0.2, 0) is 0 Å². The summed E-state index contributed by atoms with van der Waals surface area (Å²) >= 11 is 0. The van der Waals surface area contributed by atoms with Gasteiger partial charge in [0.2, 0.25) is 0 Å². The second kappa shape index (κ2) is 2.69. The number of hydrogen-bond donors (Lipinski definition) is 0. The number of ketones is 1. The van der Waals surface area contributed by atoms with Crippen molar-refractivity contribution in [1.29, 1.82) is 0 Å². The highest BCUT2D eigenvalue weighted by atomic mass is 16.1. The fourth-order valence-corrected chi connectivity index (χ4v) is 2.33. The lowest BCUT2D eigenvalue weighted by molar-refractivity contribution is 0.103. The number of rotatable bonds is 1. The van der Waals surface area contributed by atoms with Crippen LogP contribution in [0.15, 0.2) is 41.0 Å². The minimum absolute atomic E-state index is 0.202. The topological polar surface area (TPSA) is 17.1 Å². The summed E-state index contributed by atoms with van der Waals surface area (Å²) in [6, 6.07) is 7.91. The van der Waals surface area contributed by atoms with Crippen molar-refractivity contribution in [1.82, 2.24) is 0 Å². The number of carbonyl (C=O) groups is 1. The molecule has 0 heterocycles. The summed E-state index contributed by atoms with van der Waals surface area (Å²) < 4.78 is 0. The summed E-state index contributed by atoms with van der Waals surface area (Å²) in [4.78, 5) is 12.0. The monoisotopic (exact) mass is 196 g/mol. The molecule has 1 aromatic carbocycles. The maximum absolute atomic E-state index is 12.0. The van der Waals surface area contributed by atoms with E-state index in [1.165, 1.54) is 16.7 Å².